The third-order valence-corrected chi connectivity index (χ3v) is 9.80. The second-order valence-corrected chi connectivity index (χ2v) is 12.9. The molecule has 0 atom stereocenters. The van der Waals surface area contributed by atoms with E-state index in [0.29, 0.717) is 22.6 Å². The van der Waals surface area contributed by atoms with E-state index in [1.807, 2.05) is 6.26 Å². The van der Waals surface area contributed by atoms with Crippen molar-refractivity contribution in [2.75, 3.05) is 27.1 Å². The Hall–Kier alpha value is -3.94. The summed E-state index contributed by atoms with van der Waals surface area (Å²) in [7, 11) is -7.71. The summed E-state index contributed by atoms with van der Waals surface area (Å²) in [5.41, 5.74) is 1.72. The Labute approximate surface area is 238 Å². The molecule has 1 aromatic heterocycles. The molecule has 1 amide bonds. The highest BCUT2D eigenvalue weighted by Crippen LogP contribution is 2.26. The van der Waals surface area contributed by atoms with E-state index in [1.54, 1.807) is 56.3 Å². The summed E-state index contributed by atoms with van der Waals surface area (Å²) in [5, 5.41) is 2.71. The molecule has 0 aliphatic heterocycles. The van der Waals surface area contributed by atoms with Crippen LogP contribution < -0.4 is 14.3 Å². The fourth-order valence-electron chi connectivity index (χ4n) is 3.74. The predicted octanol–water partition coefficient (Wildman–Crippen LogP) is 4.78. The van der Waals surface area contributed by atoms with E-state index in [0.717, 1.165) is 4.90 Å². The molecule has 0 fully saturated rings. The molecule has 0 bridgehead atoms. The number of nitrogens with one attached hydrogen (secondary N) is 2. The highest BCUT2D eigenvalue weighted by Gasteiger charge is 2.24. The maximum Gasteiger partial charge on any atom is 0.264 e. The molecule has 0 aliphatic rings. The lowest BCUT2D eigenvalue weighted by Crippen LogP contribution is -2.30. The van der Waals surface area contributed by atoms with E-state index in [-0.39, 0.29) is 22.3 Å². The van der Waals surface area contributed by atoms with Gasteiger partial charge in [-0.05, 0) is 99.0 Å². The van der Waals surface area contributed by atoms with E-state index in [4.69, 9.17) is 0 Å². The number of aromatic nitrogens is 2. The van der Waals surface area contributed by atoms with Crippen LogP contribution >= 0.6 is 11.8 Å². The molecule has 3 aromatic carbocycles. The average molecular weight is 598 g/mol. The van der Waals surface area contributed by atoms with Crippen LogP contribution in [0.2, 0.25) is 0 Å². The molecule has 1 heterocycles. The molecular weight excluding hydrogens is 571 g/mol. The van der Waals surface area contributed by atoms with Gasteiger partial charge in [0.15, 0.2) is 0 Å². The van der Waals surface area contributed by atoms with Crippen LogP contribution in [0, 0.1) is 6.92 Å². The van der Waals surface area contributed by atoms with Gasteiger partial charge in [-0.2, -0.15) is 0 Å². The van der Waals surface area contributed by atoms with E-state index in [1.165, 1.54) is 58.7 Å². The highest BCUT2D eigenvalue weighted by atomic mass is 32.2. The summed E-state index contributed by atoms with van der Waals surface area (Å²) in [6, 6.07) is 20.2. The molecule has 0 spiro atoms. The Bertz CT molecular complexity index is 1710. The van der Waals surface area contributed by atoms with Gasteiger partial charge in [-0.1, -0.05) is 0 Å². The minimum atomic E-state index is -3.92. The normalized spacial score (nSPS) is 11.6. The summed E-state index contributed by atoms with van der Waals surface area (Å²) in [5.74, 6) is -0.476. The van der Waals surface area contributed by atoms with Crippen molar-refractivity contribution < 1.29 is 21.6 Å². The standard InChI is InChI=1S/C27H27N5O5S3/c1-4-32(40(36,37)25-15-11-23(38-3)12-16-25)22-9-5-20(6-10-22)26(33)30-21-7-13-24(14-8-21)39(34,35)31-27-28-18-17-19(2)29-27/h5-18H,4H2,1-3H3,(H,30,33)(H,28,29,31). The van der Waals surface area contributed by atoms with Crippen LogP contribution in [-0.2, 0) is 20.0 Å². The van der Waals surface area contributed by atoms with Gasteiger partial charge in [0.05, 0.1) is 15.5 Å². The van der Waals surface area contributed by atoms with Gasteiger partial charge in [0, 0.05) is 34.6 Å². The highest BCUT2D eigenvalue weighted by molar-refractivity contribution is 7.98. The van der Waals surface area contributed by atoms with Gasteiger partial charge in [-0.25, -0.2) is 31.5 Å². The van der Waals surface area contributed by atoms with Crippen molar-refractivity contribution >= 4 is 55.0 Å². The monoisotopic (exact) mass is 597 g/mol. The quantitative estimate of drug-likeness (QED) is 0.249. The molecule has 0 saturated carbocycles. The number of rotatable bonds is 10. The lowest BCUT2D eigenvalue weighted by Gasteiger charge is -2.23. The number of anilines is 3. The average Bonchev–Trinajstić information content (AvgIpc) is 2.94. The third-order valence-electron chi connectivity index (χ3n) is 5.80. The van der Waals surface area contributed by atoms with Crippen molar-refractivity contribution in [1.82, 2.24) is 9.97 Å². The van der Waals surface area contributed by atoms with Crippen LogP contribution in [0.4, 0.5) is 17.3 Å². The van der Waals surface area contributed by atoms with Crippen molar-refractivity contribution in [3.8, 4) is 0 Å². The number of amides is 1. The van der Waals surface area contributed by atoms with Gasteiger partial charge in [0.2, 0.25) is 5.95 Å². The summed E-state index contributed by atoms with van der Waals surface area (Å²) >= 11 is 1.53. The number of benzene rings is 3. The molecule has 4 aromatic rings. The topological polar surface area (TPSA) is 138 Å². The molecule has 4 rings (SSSR count). The molecule has 2 N–H and O–H groups in total. The first-order valence-corrected chi connectivity index (χ1v) is 16.2. The zero-order chi connectivity index (χ0) is 28.9. The van der Waals surface area contributed by atoms with E-state index < -0.39 is 26.0 Å². The zero-order valence-corrected chi connectivity index (χ0v) is 24.3. The van der Waals surface area contributed by atoms with Gasteiger partial charge in [-0.15, -0.1) is 11.8 Å². The van der Waals surface area contributed by atoms with E-state index in [2.05, 4.69) is 20.0 Å². The Balaban J connectivity index is 1.44. The third kappa shape index (κ3) is 6.61. The fraction of sp³-hybridized carbons (Fsp3) is 0.148. The van der Waals surface area contributed by atoms with Crippen LogP contribution in [0.15, 0.2) is 99.7 Å². The smallest absolute Gasteiger partial charge is 0.264 e. The maximum absolute atomic E-state index is 13.2. The molecule has 208 valence electrons. The molecule has 0 radical (unpaired) electrons. The van der Waals surface area contributed by atoms with Crippen LogP contribution in [0.25, 0.3) is 0 Å². The van der Waals surface area contributed by atoms with Crippen LogP contribution in [0.1, 0.15) is 23.0 Å². The minimum absolute atomic E-state index is 0.0242. The number of sulfonamides is 2. The summed E-state index contributed by atoms with van der Waals surface area (Å²) in [4.78, 5) is 21.9. The summed E-state index contributed by atoms with van der Waals surface area (Å²) < 4.78 is 55.3. The molecule has 13 heteroatoms. The Morgan fingerprint density at radius 1 is 0.875 bits per heavy atom. The fourth-order valence-corrected chi connectivity index (χ4v) is 6.58. The number of nitrogens with zero attached hydrogens (tertiary/aromatic N) is 3. The number of carbonyl (C=O) groups excluding carboxylic acids is 1. The van der Waals surface area contributed by atoms with Crippen LogP contribution in [0.5, 0.6) is 0 Å². The lowest BCUT2D eigenvalue weighted by molar-refractivity contribution is 0.102. The molecule has 0 unspecified atom stereocenters. The molecular formula is C27H27N5O5S3. The second kappa shape index (κ2) is 12.1. The van der Waals surface area contributed by atoms with Crippen molar-refractivity contribution in [2.45, 2.75) is 28.5 Å². The van der Waals surface area contributed by atoms with Gasteiger partial charge >= 0.3 is 0 Å². The summed E-state index contributed by atoms with van der Waals surface area (Å²) in [6.45, 7) is 3.66. The van der Waals surface area contributed by atoms with Crippen molar-refractivity contribution in [2.24, 2.45) is 0 Å². The minimum Gasteiger partial charge on any atom is -0.322 e. The van der Waals surface area contributed by atoms with Gasteiger partial charge in [-0.3, -0.25) is 9.10 Å². The summed E-state index contributed by atoms with van der Waals surface area (Å²) in [6.07, 6.45) is 3.37. The Morgan fingerprint density at radius 2 is 1.50 bits per heavy atom. The lowest BCUT2D eigenvalue weighted by atomic mass is 10.2. The zero-order valence-electron chi connectivity index (χ0n) is 21.9. The van der Waals surface area contributed by atoms with Crippen LogP contribution in [0.3, 0.4) is 0 Å². The number of hydrogen-bond donors (Lipinski definition) is 2. The molecule has 10 nitrogen and oxygen atoms in total. The van der Waals surface area contributed by atoms with Crippen molar-refractivity contribution in [3.05, 3.63) is 96.3 Å². The predicted molar refractivity (Wildman–Crippen MR) is 157 cm³/mol. The van der Waals surface area contributed by atoms with Crippen molar-refractivity contribution in [3.63, 3.8) is 0 Å². The SMILES string of the molecule is CCN(c1ccc(C(=O)Nc2ccc(S(=O)(=O)Nc3nccc(C)n3)cc2)cc1)S(=O)(=O)c1ccc(SC)cc1. The number of aryl methyl sites for hydroxylation is 1. The number of hydrogen-bond acceptors (Lipinski definition) is 8. The molecule has 0 saturated heterocycles. The maximum atomic E-state index is 13.2. The van der Waals surface area contributed by atoms with Gasteiger partial charge in [0.25, 0.3) is 26.0 Å². The first-order chi connectivity index (χ1) is 19.0. The Kier molecular flexibility index (Phi) is 8.76. The van der Waals surface area contributed by atoms with E-state index >= 15 is 0 Å². The van der Waals surface area contributed by atoms with Gasteiger partial charge < -0.3 is 5.32 Å². The first kappa shape index (κ1) is 29.1. The van der Waals surface area contributed by atoms with E-state index in [9.17, 15) is 21.6 Å². The number of carbonyl (C=O) groups is 1. The van der Waals surface area contributed by atoms with Gasteiger partial charge in [0.1, 0.15) is 0 Å². The largest absolute Gasteiger partial charge is 0.322 e. The Morgan fingerprint density at radius 3 is 2.08 bits per heavy atom. The van der Waals surface area contributed by atoms with Crippen LogP contribution in [-0.4, -0.2) is 45.5 Å². The number of thioether (sulfide) groups is 1. The molecule has 40 heavy (non-hydrogen) atoms. The second-order valence-electron chi connectivity index (χ2n) is 8.50. The molecule has 0 aliphatic carbocycles. The van der Waals surface area contributed by atoms with Crippen molar-refractivity contribution in [1.29, 1.82) is 0 Å². The first-order valence-electron chi connectivity index (χ1n) is 12.0.